The van der Waals surface area contributed by atoms with E-state index in [-0.39, 0.29) is 0 Å². The molecule has 0 radical (unpaired) electrons. The minimum Gasteiger partial charge on any atom is -0.399 e. The average Bonchev–Trinajstić information content (AvgIpc) is 2.51. The van der Waals surface area contributed by atoms with E-state index in [1.165, 1.54) is 13.0 Å². The van der Waals surface area contributed by atoms with Crippen LogP contribution in [0, 0.1) is 0 Å². The van der Waals surface area contributed by atoms with Gasteiger partial charge in [-0.25, -0.2) is 0 Å². The minimum atomic E-state index is 0.443. The zero-order valence-corrected chi connectivity index (χ0v) is 14.0. The molecular weight excluding hydrogens is 272 g/mol. The molecule has 2 aromatic rings. The summed E-state index contributed by atoms with van der Waals surface area (Å²) in [6.07, 6.45) is 4.22. The van der Waals surface area contributed by atoms with Crippen LogP contribution in [0.25, 0.3) is 10.9 Å². The van der Waals surface area contributed by atoms with Crippen LogP contribution in [0.3, 0.4) is 0 Å². The Hall–Kier alpha value is -1.81. The maximum absolute atomic E-state index is 5.83. The van der Waals surface area contributed by atoms with E-state index >= 15 is 0 Å². The monoisotopic (exact) mass is 300 g/mol. The number of nitrogen functional groups attached to an aromatic ring is 1. The van der Waals surface area contributed by atoms with Gasteiger partial charge in [-0.05, 0) is 63.7 Å². The van der Waals surface area contributed by atoms with Gasteiger partial charge in [0.25, 0.3) is 0 Å². The first-order valence-corrected chi connectivity index (χ1v) is 8.27. The largest absolute Gasteiger partial charge is 0.399 e. The summed E-state index contributed by atoms with van der Waals surface area (Å²) in [5.41, 5.74) is 8.67. The first-order valence-electron chi connectivity index (χ1n) is 8.27. The van der Waals surface area contributed by atoms with E-state index in [0.717, 1.165) is 41.8 Å². The van der Waals surface area contributed by atoms with Crippen LogP contribution >= 0.6 is 0 Å². The quantitative estimate of drug-likeness (QED) is 0.729. The molecule has 1 heterocycles. The summed E-state index contributed by atoms with van der Waals surface area (Å²) in [6.45, 7) is 10.1. The third-order valence-corrected chi connectivity index (χ3v) is 4.17. The minimum absolute atomic E-state index is 0.443. The van der Waals surface area contributed by atoms with E-state index in [0.29, 0.717) is 6.04 Å². The van der Waals surface area contributed by atoms with Crippen LogP contribution in [0.5, 0.6) is 0 Å². The average molecular weight is 300 g/mol. The molecule has 0 aliphatic rings. The molecule has 0 saturated carbocycles. The number of benzene rings is 1. The van der Waals surface area contributed by atoms with Crippen molar-refractivity contribution in [3.8, 4) is 0 Å². The lowest BCUT2D eigenvalue weighted by molar-refractivity contribution is 0.295. The fourth-order valence-corrected chi connectivity index (χ4v) is 2.79. The van der Waals surface area contributed by atoms with Crippen molar-refractivity contribution in [2.75, 3.05) is 30.7 Å². The first kappa shape index (κ1) is 16.6. The number of aromatic nitrogens is 1. The fraction of sp³-hybridized carbons (Fsp3) is 0.500. The Morgan fingerprint density at radius 3 is 2.73 bits per heavy atom. The molecule has 0 amide bonds. The van der Waals surface area contributed by atoms with Gasteiger partial charge in [-0.2, -0.15) is 0 Å². The second kappa shape index (κ2) is 7.99. The Morgan fingerprint density at radius 1 is 1.23 bits per heavy atom. The Bertz CT molecular complexity index is 593. The highest BCUT2D eigenvalue weighted by Gasteiger charge is 2.07. The maximum Gasteiger partial charge on any atom is 0.0743 e. The molecule has 0 bridgehead atoms. The summed E-state index contributed by atoms with van der Waals surface area (Å²) < 4.78 is 0. The van der Waals surface area contributed by atoms with E-state index in [9.17, 15) is 0 Å². The Balaban J connectivity index is 1.95. The highest BCUT2D eigenvalue weighted by molar-refractivity contribution is 5.92. The number of nitrogens with one attached hydrogen (secondary N) is 1. The van der Waals surface area contributed by atoms with Crippen LogP contribution in [0.1, 0.15) is 33.6 Å². The summed E-state index contributed by atoms with van der Waals surface area (Å²) in [5.74, 6) is 0. The van der Waals surface area contributed by atoms with Gasteiger partial charge in [-0.3, -0.25) is 4.98 Å². The van der Waals surface area contributed by atoms with Crippen molar-refractivity contribution < 1.29 is 0 Å². The van der Waals surface area contributed by atoms with E-state index < -0.39 is 0 Å². The molecular formula is C18H28N4. The number of nitrogens with two attached hydrogens (primary N) is 1. The molecule has 3 N–H and O–H groups in total. The molecule has 1 atom stereocenters. The molecule has 0 aliphatic heterocycles. The molecule has 0 aliphatic carbocycles. The van der Waals surface area contributed by atoms with E-state index in [1.54, 1.807) is 0 Å². The predicted octanol–water partition coefficient (Wildman–Crippen LogP) is 3.74. The third kappa shape index (κ3) is 4.34. The molecule has 0 unspecified atom stereocenters. The molecule has 4 nitrogen and oxygen atoms in total. The third-order valence-electron chi connectivity index (χ3n) is 4.17. The topological polar surface area (TPSA) is 54.2 Å². The Kier molecular flexibility index (Phi) is 6.01. The lowest BCUT2D eigenvalue weighted by Gasteiger charge is -2.20. The second-order valence-electron chi connectivity index (χ2n) is 5.85. The zero-order valence-electron chi connectivity index (χ0n) is 14.0. The van der Waals surface area contributed by atoms with Crippen LogP contribution < -0.4 is 11.1 Å². The second-order valence-corrected chi connectivity index (χ2v) is 5.85. The Morgan fingerprint density at radius 2 is 2.00 bits per heavy atom. The molecule has 0 spiro atoms. The molecule has 4 heteroatoms. The first-order chi connectivity index (χ1) is 10.6. The highest BCUT2D eigenvalue weighted by Crippen LogP contribution is 2.24. The van der Waals surface area contributed by atoms with Crippen molar-refractivity contribution >= 4 is 22.3 Å². The summed E-state index contributed by atoms with van der Waals surface area (Å²) >= 11 is 0. The summed E-state index contributed by atoms with van der Waals surface area (Å²) in [5, 5.41) is 4.75. The van der Waals surface area contributed by atoms with Crippen LogP contribution in [-0.4, -0.2) is 35.6 Å². The van der Waals surface area contributed by atoms with Crippen LogP contribution in [0.4, 0.5) is 11.4 Å². The molecule has 120 valence electrons. The molecule has 1 aromatic carbocycles. The van der Waals surface area contributed by atoms with Crippen molar-refractivity contribution in [1.82, 2.24) is 9.88 Å². The van der Waals surface area contributed by atoms with Gasteiger partial charge < -0.3 is 16.0 Å². The number of anilines is 2. The number of rotatable bonds is 8. The lowest BCUT2D eigenvalue weighted by atomic mass is 10.1. The zero-order chi connectivity index (χ0) is 15.9. The molecule has 22 heavy (non-hydrogen) atoms. The van der Waals surface area contributed by atoms with Crippen LogP contribution in [0.15, 0.2) is 30.5 Å². The SMILES string of the molecule is CCN(CC)CCC[C@@H](C)Nc1ccnc2cc(N)ccc12. The number of hydrogen-bond acceptors (Lipinski definition) is 4. The van der Waals surface area contributed by atoms with Gasteiger partial charge >= 0.3 is 0 Å². The van der Waals surface area contributed by atoms with Crippen molar-refractivity contribution in [2.45, 2.75) is 39.7 Å². The summed E-state index contributed by atoms with van der Waals surface area (Å²) in [6, 6.07) is 8.38. The van der Waals surface area contributed by atoms with Gasteiger partial charge in [0, 0.05) is 29.0 Å². The number of nitrogens with zero attached hydrogens (tertiary/aromatic N) is 2. The molecule has 2 rings (SSSR count). The van der Waals surface area contributed by atoms with Crippen molar-refractivity contribution in [3.05, 3.63) is 30.5 Å². The molecule has 0 saturated heterocycles. The fourth-order valence-electron chi connectivity index (χ4n) is 2.79. The van der Waals surface area contributed by atoms with Gasteiger partial charge in [0.15, 0.2) is 0 Å². The van der Waals surface area contributed by atoms with Crippen molar-refractivity contribution in [3.63, 3.8) is 0 Å². The standard InChI is InChI=1S/C18H28N4/c1-4-22(5-2)12-6-7-14(3)21-17-10-11-20-18-13-15(19)8-9-16(17)18/h8-11,13-14H,4-7,12,19H2,1-3H3,(H,20,21)/t14-/m1/s1. The predicted molar refractivity (Wildman–Crippen MR) is 96.3 cm³/mol. The van der Waals surface area contributed by atoms with Crippen LogP contribution in [0.2, 0.25) is 0 Å². The number of pyridine rings is 1. The van der Waals surface area contributed by atoms with E-state index in [2.05, 4.69) is 36.0 Å². The lowest BCUT2D eigenvalue weighted by Crippen LogP contribution is -2.25. The van der Waals surface area contributed by atoms with E-state index in [4.69, 9.17) is 5.73 Å². The highest BCUT2D eigenvalue weighted by atomic mass is 15.1. The van der Waals surface area contributed by atoms with E-state index in [1.807, 2.05) is 30.5 Å². The van der Waals surface area contributed by atoms with Gasteiger partial charge in [-0.1, -0.05) is 13.8 Å². The molecule has 0 fully saturated rings. The van der Waals surface area contributed by atoms with Gasteiger partial charge in [0.05, 0.1) is 5.52 Å². The van der Waals surface area contributed by atoms with Gasteiger partial charge in [0.1, 0.15) is 0 Å². The number of hydrogen-bond donors (Lipinski definition) is 2. The molecule has 1 aromatic heterocycles. The maximum atomic E-state index is 5.83. The summed E-state index contributed by atoms with van der Waals surface area (Å²) in [7, 11) is 0. The van der Waals surface area contributed by atoms with Gasteiger partial charge in [-0.15, -0.1) is 0 Å². The summed E-state index contributed by atoms with van der Waals surface area (Å²) in [4.78, 5) is 6.86. The Labute approximate surface area is 133 Å². The number of fused-ring (bicyclic) bond motifs is 1. The normalized spacial score (nSPS) is 12.7. The van der Waals surface area contributed by atoms with Crippen LogP contribution in [-0.2, 0) is 0 Å². The van der Waals surface area contributed by atoms with Crippen molar-refractivity contribution in [2.24, 2.45) is 0 Å². The van der Waals surface area contributed by atoms with Crippen molar-refractivity contribution in [1.29, 1.82) is 0 Å². The van der Waals surface area contributed by atoms with Gasteiger partial charge in [0.2, 0.25) is 0 Å². The smallest absolute Gasteiger partial charge is 0.0743 e.